The van der Waals surface area contributed by atoms with E-state index < -0.39 is 0 Å². The molecule has 102 valence electrons. The van der Waals surface area contributed by atoms with Crippen molar-refractivity contribution in [3.05, 3.63) is 63.6 Å². The zero-order valence-corrected chi connectivity index (χ0v) is 13.0. The predicted molar refractivity (Wildman–Crippen MR) is 89.8 cm³/mol. The SMILES string of the molecule is Cc1ccccc1-c1cc(-c2cccs2)[nH]c(=S)c1C#N. The van der Waals surface area contributed by atoms with E-state index in [9.17, 15) is 5.26 Å². The summed E-state index contributed by atoms with van der Waals surface area (Å²) in [6.07, 6.45) is 0. The van der Waals surface area contributed by atoms with Crippen molar-refractivity contribution < 1.29 is 0 Å². The Hall–Kier alpha value is -2.22. The van der Waals surface area contributed by atoms with Crippen molar-refractivity contribution in [1.29, 1.82) is 5.26 Å². The summed E-state index contributed by atoms with van der Waals surface area (Å²) in [7, 11) is 0. The number of aryl methyl sites for hydroxylation is 1. The zero-order valence-electron chi connectivity index (χ0n) is 11.4. The lowest BCUT2D eigenvalue weighted by atomic mass is 9.97. The summed E-state index contributed by atoms with van der Waals surface area (Å²) >= 11 is 7.02. The van der Waals surface area contributed by atoms with Crippen LogP contribution in [-0.2, 0) is 0 Å². The Morgan fingerprint density at radius 3 is 2.62 bits per heavy atom. The second kappa shape index (κ2) is 5.65. The van der Waals surface area contributed by atoms with Crippen molar-refractivity contribution in [2.24, 2.45) is 0 Å². The quantitative estimate of drug-likeness (QED) is 0.651. The van der Waals surface area contributed by atoms with Crippen molar-refractivity contribution >= 4 is 23.6 Å². The number of nitriles is 1. The van der Waals surface area contributed by atoms with Crippen molar-refractivity contribution in [3.8, 4) is 27.8 Å². The van der Waals surface area contributed by atoms with Crippen molar-refractivity contribution in [2.45, 2.75) is 6.92 Å². The first kappa shape index (κ1) is 13.7. The van der Waals surface area contributed by atoms with Crippen molar-refractivity contribution in [1.82, 2.24) is 4.98 Å². The molecule has 1 aromatic carbocycles. The van der Waals surface area contributed by atoms with Gasteiger partial charge < -0.3 is 4.98 Å². The Balaban J connectivity index is 2.31. The lowest BCUT2D eigenvalue weighted by Crippen LogP contribution is -1.93. The molecule has 1 N–H and O–H groups in total. The fourth-order valence-electron chi connectivity index (χ4n) is 2.32. The molecule has 0 unspecified atom stereocenters. The van der Waals surface area contributed by atoms with E-state index in [-0.39, 0.29) is 0 Å². The minimum Gasteiger partial charge on any atom is -0.344 e. The molecule has 0 spiro atoms. The molecule has 0 bridgehead atoms. The van der Waals surface area contributed by atoms with E-state index in [0.29, 0.717) is 10.2 Å². The average Bonchev–Trinajstić information content (AvgIpc) is 3.01. The first-order valence-electron chi connectivity index (χ1n) is 6.48. The van der Waals surface area contributed by atoms with E-state index in [0.717, 1.165) is 27.3 Å². The van der Waals surface area contributed by atoms with Gasteiger partial charge >= 0.3 is 0 Å². The molecule has 2 aromatic heterocycles. The predicted octanol–water partition coefficient (Wildman–Crippen LogP) is 5.32. The van der Waals surface area contributed by atoms with Gasteiger partial charge in [0.25, 0.3) is 0 Å². The van der Waals surface area contributed by atoms with Crippen LogP contribution >= 0.6 is 23.6 Å². The molecule has 0 fully saturated rings. The molecule has 0 radical (unpaired) electrons. The third kappa shape index (κ3) is 2.54. The Kier molecular flexibility index (Phi) is 3.70. The van der Waals surface area contributed by atoms with Crippen LogP contribution in [0.2, 0.25) is 0 Å². The number of rotatable bonds is 2. The maximum atomic E-state index is 9.44. The van der Waals surface area contributed by atoms with Crippen molar-refractivity contribution in [3.63, 3.8) is 0 Å². The molecule has 0 aliphatic rings. The van der Waals surface area contributed by atoms with Gasteiger partial charge in [-0.25, -0.2) is 0 Å². The number of pyridine rings is 1. The topological polar surface area (TPSA) is 39.6 Å². The number of aromatic amines is 1. The van der Waals surface area contributed by atoms with Crippen molar-refractivity contribution in [2.75, 3.05) is 0 Å². The van der Waals surface area contributed by atoms with Gasteiger partial charge in [-0.05, 0) is 35.6 Å². The smallest absolute Gasteiger partial charge is 0.122 e. The fraction of sp³-hybridized carbons (Fsp3) is 0.0588. The number of nitrogens with one attached hydrogen (secondary N) is 1. The third-order valence-corrected chi connectivity index (χ3v) is 4.58. The number of thiophene rings is 1. The zero-order chi connectivity index (χ0) is 14.8. The molecular formula is C17H12N2S2. The number of hydrogen-bond donors (Lipinski definition) is 1. The van der Waals surface area contributed by atoms with Crippen LogP contribution in [0.5, 0.6) is 0 Å². The molecule has 0 atom stereocenters. The van der Waals surface area contributed by atoms with Gasteiger partial charge in [0.1, 0.15) is 10.7 Å². The highest BCUT2D eigenvalue weighted by atomic mass is 32.1. The molecule has 2 nitrogen and oxygen atoms in total. The maximum Gasteiger partial charge on any atom is 0.122 e. The second-order valence-corrected chi connectivity index (χ2v) is 6.06. The molecule has 0 amide bonds. The number of hydrogen-bond acceptors (Lipinski definition) is 3. The molecule has 0 saturated heterocycles. The van der Waals surface area contributed by atoms with E-state index in [1.165, 1.54) is 0 Å². The van der Waals surface area contributed by atoms with Crippen LogP contribution in [0.4, 0.5) is 0 Å². The lowest BCUT2D eigenvalue weighted by molar-refractivity contribution is 1.28. The van der Waals surface area contributed by atoms with Gasteiger partial charge in [-0.15, -0.1) is 11.3 Å². The highest BCUT2D eigenvalue weighted by molar-refractivity contribution is 7.71. The van der Waals surface area contributed by atoms with Gasteiger partial charge in [0, 0.05) is 5.56 Å². The molecule has 3 aromatic rings. The Morgan fingerprint density at radius 2 is 1.95 bits per heavy atom. The number of benzene rings is 1. The summed E-state index contributed by atoms with van der Waals surface area (Å²) in [6.45, 7) is 2.04. The first-order chi connectivity index (χ1) is 10.2. The van der Waals surface area contributed by atoms with Crippen LogP contribution in [0.3, 0.4) is 0 Å². The summed E-state index contributed by atoms with van der Waals surface area (Å²) in [4.78, 5) is 4.27. The van der Waals surface area contributed by atoms with E-state index >= 15 is 0 Å². The van der Waals surface area contributed by atoms with Gasteiger partial charge in [0.2, 0.25) is 0 Å². The van der Waals surface area contributed by atoms with Gasteiger partial charge in [-0.2, -0.15) is 5.26 Å². The average molecular weight is 308 g/mol. The van der Waals surface area contributed by atoms with Crippen LogP contribution in [0.15, 0.2) is 47.8 Å². The standard InChI is InChI=1S/C17H12N2S2/c1-11-5-2-3-6-12(11)13-9-15(16-7-4-8-21-16)19-17(20)14(13)10-18/h2-9H,1H3,(H,19,20). The third-order valence-electron chi connectivity index (χ3n) is 3.37. The number of aromatic nitrogens is 1. The van der Waals surface area contributed by atoms with Gasteiger partial charge in [-0.3, -0.25) is 0 Å². The first-order valence-corrected chi connectivity index (χ1v) is 7.77. The Labute approximate surface area is 132 Å². The van der Waals surface area contributed by atoms with Crippen LogP contribution in [-0.4, -0.2) is 4.98 Å². The normalized spacial score (nSPS) is 10.3. The summed E-state index contributed by atoms with van der Waals surface area (Å²) in [6, 6.07) is 16.3. The summed E-state index contributed by atoms with van der Waals surface area (Å²) in [5, 5.41) is 11.5. The highest BCUT2D eigenvalue weighted by Gasteiger charge is 2.12. The fourth-order valence-corrected chi connectivity index (χ4v) is 3.29. The molecule has 4 heteroatoms. The second-order valence-electron chi connectivity index (χ2n) is 4.70. The van der Waals surface area contributed by atoms with E-state index in [1.807, 2.05) is 54.8 Å². The van der Waals surface area contributed by atoms with E-state index in [1.54, 1.807) is 11.3 Å². The Morgan fingerprint density at radius 1 is 1.14 bits per heavy atom. The molecule has 0 saturated carbocycles. The largest absolute Gasteiger partial charge is 0.344 e. The van der Waals surface area contributed by atoms with E-state index in [4.69, 9.17) is 12.2 Å². The minimum absolute atomic E-state index is 0.488. The van der Waals surface area contributed by atoms with Gasteiger partial charge in [0.15, 0.2) is 0 Å². The van der Waals surface area contributed by atoms with E-state index in [2.05, 4.69) is 11.1 Å². The number of H-pyrrole nitrogens is 1. The molecule has 0 aliphatic carbocycles. The molecular weight excluding hydrogens is 296 g/mol. The lowest BCUT2D eigenvalue weighted by Gasteiger charge is -2.10. The van der Waals surface area contributed by atoms with Gasteiger partial charge in [-0.1, -0.05) is 42.5 Å². The molecule has 21 heavy (non-hydrogen) atoms. The minimum atomic E-state index is 0.488. The van der Waals surface area contributed by atoms with Crippen LogP contribution < -0.4 is 0 Å². The molecule has 2 heterocycles. The summed E-state index contributed by atoms with van der Waals surface area (Å²) < 4.78 is 0.488. The van der Waals surface area contributed by atoms with Crippen LogP contribution in [0.1, 0.15) is 11.1 Å². The molecule has 3 rings (SSSR count). The highest BCUT2D eigenvalue weighted by Crippen LogP contribution is 2.32. The number of nitrogens with zero attached hydrogens (tertiary/aromatic N) is 1. The van der Waals surface area contributed by atoms with Crippen LogP contribution in [0, 0.1) is 22.9 Å². The summed E-state index contributed by atoms with van der Waals surface area (Å²) in [5.41, 5.74) is 4.55. The monoisotopic (exact) mass is 308 g/mol. The maximum absolute atomic E-state index is 9.44. The van der Waals surface area contributed by atoms with Crippen LogP contribution in [0.25, 0.3) is 21.7 Å². The Bertz CT molecular complexity index is 884. The molecule has 0 aliphatic heterocycles. The summed E-state index contributed by atoms with van der Waals surface area (Å²) in [5.74, 6) is 0. The van der Waals surface area contributed by atoms with Gasteiger partial charge in [0.05, 0.1) is 16.1 Å².